The minimum absolute atomic E-state index is 0.141. The van der Waals surface area contributed by atoms with Crippen LogP contribution in [0.1, 0.15) is 13.3 Å². The van der Waals surface area contributed by atoms with Crippen LogP contribution in [0.4, 0.5) is 15.8 Å². The largest absolute Gasteiger partial charge is 0.399 e. The topological polar surface area (TPSA) is 55.1 Å². The Morgan fingerprint density at radius 3 is 3.00 bits per heavy atom. The van der Waals surface area contributed by atoms with Gasteiger partial charge in [0.2, 0.25) is 5.91 Å². The highest BCUT2D eigenvalue weighted by Gasteiger charge is 2.06. The molecule has 0 heterocycles. The fourth-order valence-corrected chi connectivity index (χ4v) is 1.82. The fraction of sp³-hybridized carbons (Fsp3) is 0.364. The Kier molecular flexibility index (Phi) is 5.11. The molecule has 5 heteroatoms. The minimum Gasteiger partial charge on any atom is -0.399 e. The Labute approximate surface area is 98.6 Å². The van der Waals surface area contributed by atoms with Gasteiger partial charge >= 0.3 is 0 Å². The second kappa shape index (κ2) is 6.37. The summed E-state index contributed by atoms with van der Waals surface area (Å²) in [5.41, 5.74) is 6.07. The van der Waals surface area contributed by atoms with Crippen molar-refractivity contribution in [3.8, 4) is 0 Å². The van der Waals surface area contributed by atoms with Crippen LogP contribution in [0.15, 0.2) is 18.2 Å². The molecule has 0 atom stereocenters. The summed E-state index contributed by atoms with van der Waals surface area (Å²) >= 11 is 1.52. The predicted molar refractivity (Wildman–Crippen MR) is 67.1 cm³/mol. The summed E-state index contributed by atoms with van der Waals surface area (Å²) in [5.74, 6) is 0.584. The van der Waals surface area contributed by atoms with Crippen molar-refractivity contribution < 1.29 is 9.18 Å². The SMILES string of the molecule is CCCSCC(=O)Nc1cc(N)ccc1F. The highest BCUT2D eigenvalue weighted by atomic mass is 32.2. The summed E-state index contributed by atoms with van der Waals surface area (Å²) in [4.78, 5) is 11.4. The van der Waals surface area contributed by atoms with Crippen LogP contribution in [0.2, 0.25) is 0 Å². The maximum Gasteiger partial charge on any atom is 0.234 e. The van der Waals surface area contributed by atoms with Gasteiger partial charge in [-0.15, -0.1) is 0 Å². The number of thioether (sulfide) groups is 1. The molecule has 0 aliphatic rings. The number of hydrogen-bond donors (Lipinski definition) is 2. The number of nitrogens with two attached hydrogens (primary N) is 1. The first-order valence-electron chi connectivity index (χ1n) is 5.06. The molecule has 1 amide bonds. The van der Waals surface area contributed by atoms with Gasteiger partial charge in [0.15, 0.2) is 0 Å². The number of carbonyl (C=O) groups is 1. The molecule has 1 aromatic carbocycles. The first-order chi connectivity index (χ1) is 7.63. The van der Waals surface area contributed by atoms with E-state index in [0.29, 0.717) is 11.4 Å². The van der Waals surface area contributed by atoms with Gasteiger partial charge in [0, 0.05) is 5.69 Å². The standard InChI is InChI=1S/C11H15FN2OS/c1-2-5-16-7-11(15)14-10-6-8(13)3-4-9(10)12/h3-4,6H,2,5,7,13H2,1H3,(H,14,15). The number of amides is 1. The Balaban J connectivity index is 2.52. The molecule has 0 aromatic heterocycles. The van der Waals surface area contributed by atoms with Crippen LogP contribution in [0, 0.1) is 5.82 Å². The average Bonchev–Trinajstić information content (AvgIpc) is 2.24. The number of carbonyl (C=O) groups excluding carboxylic acids is 1. The van der Waals surface area contributed by atoms with Crippen LogP contribution in [0.25, 0.3) is 0 Å². The Bertz CT molecular complexity index is 371. The van der Waals surface area contributed by atoms with Crippen molar-refractivity contribution in [2.45, 2.75) is 13.3 Å². The molecule has 16 heavy (non-hydrogen) atoms. The molecule has 0 aliphatic carbocycles. The van der Waals surface area contributed by atoms with Gasteiger partial charge in [-0.05, 0) is 30.4 Å². The summed E-state index contributed by atoms with van der Waals surface area (Å²) in [6.07, 6.45) is 1.02. The van der Waals surface area contributed by atoms with Crippen molar-refractivity contribution >= 4 is 29.0 Å². The molecule has 0 saturated carbocycles. The van der Waals surface area contributed by atoms with E-state index in [1.807, 2.05) is 6.92 Å². The highest BCUT2D eigenvalue weighted by Crippen LogP contribution is 2.17. The van der Waals surface area contributed by atoms with Crippen LogP contribution in [0.5, 0.6) is 0 Å². The number of anilines is 2. The molecule has 0 aliphatic heterocycles. The van der Waals surface area contributed by atoms with Crippen LogP contribution >= 0.6 is 11.8 Å². The zero-order valence-electron chi connectivity index (χ0n) is 9.13. The third-order valence-electron chi connectivity index (χ3n) is 1.85. The molecule has 88 valence electrons. The van der Waals surface area contributed by atoms with E-state index in [-0.39, 0.29) is 11.6 Å². The Morgan fingerprint density at radius 1 is 1.56 bits per heavy atom. The van der Waals surface area contributed by atoms with Crippen LogP contribution in [-0.4, -0.2) is 17.4 Å². The van der Waals surface area contributed by atoms with E-state index in [1.54, 1.807) is 0 Å². The van der Waals surface area contributed by atoms with Crippen molar-refractivity contribution in [1.29, 1.82) is 0 Å². The second-order valence-corrected chi connectivity index (χ2v) is 4.45. The number of hydrogen-bond acceptors (Lipinski definition) is 3. The van der Waals surface area contributed by atoms with Crippen molar-refractivity contribution in [2.75, 3.05) is 22.6 Å². The van der Waals surface area contributed by atoms with Gasteiger partial charge < -0.3 is 11.1 Å². The second-order valence-electron chi connectivity index (χ2n) is 3.34. The lowest BCUT2D eigenvalue weighted by Gasteiger charge is -2.06. The van der Waals surface area contributed by atoms with Crippen molar-refractivity contribution in [2.24, 2.45) is 0 Å². The average molecular weight is 242 g/mol. The summed E-state index contributed by atoms with van der Waals surface area (Å²) in [7, 11) is 0. The number of nitrogen functional groups attached to an aromatic ring is 1. The predicted octanol–water partition coefficient (Wildman–Crippen LogP) is 2.49. The van der Waals surface area contributed by atoms with Gasteiger partial charge in [-0.2, -0.15) is 11.8 Å². The maximum absolute atomic E-state index is 13.2. The zero-order chi connectivity index (χ0) is 12.0. The summed E-state index contributed by atoms with van der Waals surface area (Å²) in [5, 5.41) is 2.50. The van der Waals surface area contributed by atoms with Crippen molar-refractivity contribution in [3.05, 3.63) is 24.0 Å². The van der Waals surface area contributed by atoms with Gasteiger partial charge in [0.1, 0.15) is 5.82 Å². The van der Waals surface area contributed by atoms with E-state index in [1.165, 1.54) is 30.0 Å². The van der Waals surface area contributed by atoms with Crippen LogP contribution in [0.3, 0.4) is 0 Å². The normalized spacial score (nSPS) is 10.1. The number of nitrogens with one attached hydrogen (secondary N) is 1. The van der Waals surface area contributed by atoms with E-state index < -0.39 is 5.82 Å². The summed E-state index contributed by atoms with van der Waals surface area (Å²) in [6, 6.07) is 4.11. The van der Waals surface area contributed by atoms with Crippen LogP contribution in [-0.2, 0) is 4.79 Å². The van der Waals surface area contributed by atoms with Gasteiger partial charge in [-0.1, -0.05) is 6.92 Å². The lowest BCUT2D eigenvalue weighted by molar-refractivity contribution is -0.113. The summed E-state index contributed by atoms with van der Waals surface area (Å²) in [6.45, 7) is 2.04. The smallest absolute Gasteiger partial charge is 0.234 e. The first-order valence-corrected chi connectivity index (χ1v) is 6.21. The molecule has 1 aromatic rings. The number of benzene rings is 1. The van der Waals surface area contributed by atoms with Gasteiger partial charge in [0.05, 0.1) is 11.4 Å². The van der Waals surface area contributed by atoms with E-state index in [4.69, 9.17) is 5.73 Å². The molecule has 0 saturated heterocycles. The third kappa shape index (κ3) is 4.10. The molecular weight excluding hydrogens is 227 g/mol. The molecule has 0 fully saturated rings. The van der Waals surface area contributed by atoms with Gasteiger partial charge in [0.25, 0.3) is 0 Å². The van der Waals surface area contributed by atoms with Gasteiger partial charge in [-0.3, -0.25) is 4.79 Å². The Morgan fingerprint density at radius 2 is 2.31 bits per heavy atom. The Hall–Kier alpha value is -1.23. The van der Waals surface area contributed by atoms with Gasteiger partial charge in [-0.25, -0.2) is 4.39 Å². The van der Waals surface area contributed by atoms with Crippen LogP contribution < -0.4 is 11.1 Å². The summed E-state index contributed by atoms with van der Waals surface area (Å²) < 4.78 is 13.2. The molecular formula is C11H15FN2OS. The molecule has 0 bridgehead atoms. The molecule has 0 spiro atoms. The molecule has 0 unspecified atom stereocenters. The minimum atomic E-state index is -0.469. The van der Waals surface area contributed by atoms with E-state index in [9.17, 15) is 9.18 Å². The molecule has 3 nitrogen and oxygen atoms in total. The number of halogens is 1. The molecule has 3 N–H and O–H groups in total. The third-order valence-corrected chi connectivity index (χ3v) is 3.01. The van der Waals surface area contributed by atoms with Crippen molar-refractivity contribution in [1.82, 2.24) is 0 Å². The lowest BCUT2D eigenvalue weighted by Crippen LogP contribution is -2.15. The maximum atomic E-state index is 13.2. The van der Waals surface area contributed by atoms with E-state index in [0.717, 1.165) is 12.2 Å². The highest BCUT2D eigenvalue weighted by molar-refractivity contribution is 7.99. The zero-order valence-corrected chi connectivity index (χ0v) is 9.94. The van der Waals surface area contributed by atoms with E-state index >= 15 is 0 Å². The number of rotatable bonds is 5. The quantitative estimate of drug-likeness (QED) is 0.616. The fourth-order valence-electron chi connectivity index (χ4n) is 1.13. The molecule has 0 radical (unpaired) electrons. The first kappa shape index (κ1) is 12.8. The van der Waals surface area contributed by atoms with Crippen molar-refractivity contribution in [3.63, 3.8) is 0 Å². The lowest BCUT2D eigenvalue weighted by atomic mass is 10.2. The molecule has 1 rings (SSSR count). The monoisotopic (exact) mass is 242 g/mol. The van der Waals surface area contributed by atoms with E-state index in [2.05, 4.69) is 5.32 Å².